The van der Waals surface area contributed by atoms with Crippen LogP contribution in [0, 0.1) is 0 Å². The molecule has 2 aliphatic carbocycles. The number of carboxylic acids is 1. The van der Waals surface area contributed by atoms with E-state index in [1.807, 2.05) is 54.6 Å². The predicted octanol–water partition coefficient (Wildman–Crippen LogP) is 7.06. The van der Waals surface area contributed by atoms with Crippen LogP contribution in [0.15, 0.2) is 91.0 Å². The van der Waals surface area contributed by atoms with Gasteiger partial charge in [0.1, 0.15) is 6.10 Å². The summed E-state index contributed by atoms with van der Waals surface area (Å²) in [6, 6.07) is 28.9. The summed E-state index contributed by atoms with van der Waals surface area (Å²) in [5, 5.41) is 22.5. The number of hydrogen-bond donors (Lipinski definition) is 3. The van der Waals surface area contributed by atoms with Crippen molar-refractivity contribution < 1.29 is 24.5 Å². The first kappa shape index (κ1) is 30.0. The summed E-state index contributed by atoms with van der Waals surface area (Å²) in [5.41, 5.74) is 15.4. The first-order chi connectivity index (χ1) is 23.4. The van der Waals surface area contributed by atoms with Crippen LogP contribution in [0.5, 0.6) is 0 Å². The highest BCUT2D eigenvalue weighted by atomic mass is 16.5. The maximum Gasteiger partial charge on any atom is 0.339 e. The molecule has 8 rings (SSSR count). The average Bonchev–Trinajstić information content (AvgIpc) is 3.57. The number of benzene rings is 4. The van der Waals surface area contributed by atoms with E-state index in [4.69, 9.17) is 10.5 Å². The van der Waals surface area contributed by atoms with Crippen molar-refractivity contribution in [2.75, 3.05) is 5.73 Å². The molecule has 0 fully saturated rings. The van der Waals surface area contributed by atoms with E-state index in [1.54, 1.807) is 18.2 Å². The second-order valence-corrected chi connectivity index (χ2v) is 13.1. The molecule has 2 unspecified atom stereocenters. The fraction of sp³-hybridized carbons (Fsp3) is 0.250. The highest BCUT2D eigenvalue weighted by Gasteiger charge is 2.32. The summed E-state index contributed by atoms with van der Waals surface area (Å²) < 4.78 is 10.9. The Bertz CT molecular complexity index is 2230. The zero-order chi connectivity index (χ0) is 32.9. The van der Waals surface area contributed by atoms with Gasteiger partial charge in [-0.25, -0.2) is 9.59 Å². The van der Waals surface area contributed by atoms with Gasteiger partial charge < -0.3 is 29.8 Å². The van der Waals surface area contributed by atoms with Gasteiger partial charge in [-0.05, 0) is 85.2 Å². The molecule has 4 N–H and O–H groups in total. The third-order valence-electron chi connectivity index (χ3n) is 10.2. The molecule has 8 heteroatoms. The van der Waals surface area contributed by atoms with Gasteiger partial charge in [0.2, 0.25) is 0 Å². The number of nitrogen functional groups attached to an aromatic ring is 1. The lowest BCUT2D eigenvalue weighted by Crippen LogP contribution is -2.21. The Morgan fingerprint density at radius 2 is 1.46 bits per heavy atom. The Kier molecular flexibility index (Phi) is 7.53. The van der Waals surface area contributed by atoms with Gasteiger partial charge in [0.25, 0.3) is 0 Å². The Labute approximate surface area is 278 Å². The summed E-state index contributed by atoms with van der Waals surface area (Å²) >= 11 is 0. The number of aliphatic hydroxyl groups is 1. The first-order valence-corrected chi connectivity index (χ1v) is 16.6. The lowest BCUT2D eigenvalue weighted by atomic mass is 9.92. The van der Waals surface area contributed by atoms with E-state index >= 15 is 0 Å². The molecule has 0 saturated heterocycles. The van der Waals surface area contributed by atoms with E-state index in [0.717, 1.165) is 64.3 Å². The standard InChI is InChI=1S/C40H37N3O5/c41-26-16-18-28(39(45)46)25(20-26)23-43-34-13-6-4-11-31(34)38-36(43)14-7-15-37(38)48-40(47)29-9-2-1-8-24(29)22-42-33-12-5-3-10-30(33)32-21-27(44)17-19-35(32)42/h1-6,8-13,16,18,20,27,37,44H,7,14-15,17,19,21-23,41H2,(H,45,46). The number of aliphatic hydroxyl groups excluding tert-OH is 1. The number of esters is 1. The number of aromatic nitrogens is 2. The molecule has 2 aliphatic rings. The molecular formula is C40H37N3O5. The quantitative estimate of drug-likeness (QED) is 0.127. The van der Waals surface area contributed by atoms with Crippen molar-refractivity contribution in [3.05, 3.63) is 136 Å². The van der Waals surface area contributed by atoms with Crippen LogP contribution in [0.25, 0.3) is 21.8 Å². The Balaban J connectivity index is 1.14. The van der Waals surface area contributed by atoms with Crippen LogP contribution in [0.3, 0.4) is 0 Å². The lowest BCUT2D eigenvalue weighted by molar-refractivity contribution is 0.0257. The van der Waals surface area contributed by atoms with Crippen LogP contribution < -0.4 is 5.73 Å². The van der Waals surface area contributed by atoms with Crippen molar-refractivity contribution in [3.63, 3.8) is 0 Å². The van der Waals surface area contributed by atoms with Gasteiger partial charge in [0.05, 0.1) is 17.2 Å². The van der Waals surface area contributed by atoms with Gasteiger partial charge in [-0.1, -0.05) is 54.6 Å². The van der Waals surface area contributed by atoms with Crippen LogP contribution in [0.1, 0.15) is 79.7 Å². The number of fused-ring (bicyclic) bond motifs is 6. The average molecular weight is 640 g/mol. The number of carbonyl (C=O) groups is 2. The molecule has 2 atom stereocenters. The molecule has 0 amide bonds. The number of anilines is 1. The maximum atomic E-state index is 14.1. The Hall–Kier alpha value is -5.34. The summed E-state index contributed by atoms with van der Waals surface area (Å²) in [7, 11) is 0. The van der Waals surface area contributed by atoms with Gasteiger partial charge in [-0.3, -0.25) is 0 Å². The second kappa shape index (κ2) is 12.0. The smallest absolute Gasteiger partial charge is 0.339 e. The SMILES string of the molecule is Nc1ccc(C(=O)O)c(Cn2c3c(c4ccccc42)C(OC(=O)c2ccccc2Cn2c4c(c5ccccc52)CC(O)CC4)CCC3)c1. The summed E-state index contributed by atoms with van der Waals surface area (Å²) in [4.78, 5) is 26.2. The number of nitrogens with zero attached hydrogens (tertiary/aromatic N) is 2. The second-order valence-electron chi connectivity index (χ2n) is 13.1. The zero-order valence-corrected chi connectivity index (χ0v) is 26.6. The van der Waals surface area contributed by atoms with E-state index in [1.165, 1.54) is 11.3 Å². The predicted molar refractivity (Wildman–Crippen MR) is 185 cm³/mol. The van der Waals surface area contributed by atoms with Crippen LogP contribution >= 0.6 is 0 Å². The van der Waals surface area contributed by atoms with Crippen molar-refractivity contribution in [2.45, 2.75) is 63.8 Å². The summed E-state index contributed by atoms with van der Waals surface area (Å²) in [5.74, 6) is -1.35. The number of nitrogens with two attached hydrogens (primary N) is 1. The van der Waals surface area contributed by atoms with Gasteiger partial charge in [0.15, 0.2) is 0 Å². The number of hydrogen-bond acceptors (Lipinski definition) is 5. The lowest BCUT2D eigenvalue weighted by Gasteiger charge is -2.25. The van der Waals surface area contributed by atoms with Crippen LogP contribution in [0.4, 0.5) is 5.69 Å². The van der Waals surface area contributed by atoms with E-state index in [9.17, 15) is 19.8 Å². The zero-order valence-electron chi connectivity index (χ0n) is 26.6. The molecule has 0 bridgehead atoms. The molecule has 2 aromatic heterocycles. The molecule has 6 aromatic rings. The first-order valence-electron chi connectivity index (χ1n) is 16.6. The monoisotopic (exact) mass is 639 g/mol. The Morgan fingerprint density at radius 3 is 2.27 bits per heavy atom. The number of rotatable bonds is 7. The molecule has 0 spiro atoms. The highest BCUT2D eigenvalue weighted by Crippen LogP contribution is 2.41. The fourth-order valence-corrected chi connectivity index (χ4v) is 8.02. The number of carboxylic acid groups (broad SMARTS) is 1. The number of para-hydroxylation sites is 2. The minimum absolute atomic E-state index is 0.221. The van der Waals surface area contributed by atoms with Crippen LogP contribution in [0.2, 0.25) is 0 Å². The fourth-order valence-electron chi connectivity index (χ4n) is 8.02. The molecule has 8 nitrogen and oxygen atoms in total. The highest BCUT2D eigenvalue weighted by molar-refractivity contribution is 5.93. The minimum Gasteiger partial charge on any atom is -0.478 e. The van der Waals surface area contributed by atoms with Crippen molar-refractivity contribution in [1.29, 1.82) is 0 Å². The summed E-state index contributed by atoms with van der Waals surface area (Å²) in [6.07, 6.45) is 3.69. The van der Waals surface area contributed by atoms with Crippen molar-refractivity contribution in [3.8, 4) is 0 Å². The van der Waals surface area contributed by atoms with E-state index in [-0.39, 0.29) is 17.6 Å². The minimum atomic E-state index is -0.994. The number of ether oxygens (including phenoxy) is 1. The third-order valence-corrected chi connectivity index (χ3v) is 10.2. The molecule has 0 aliphatic heterocycles. The molecule has 242 valence electrons. The topological polar surface area (TPSA) is 120 Å². The molecule has 0 saturated carbocycles. The van der Waals surface area contributed by atoms with Crippen molar-refractivity contribution in [1.82, 2.24) is 9.13 Å². The van der Waals surface area contributed by atoms with Crippen molar-refractivity contribution in [2.24, 2.45) is 0 Å². The summed E-state index contributed by atoms with van der Waals surface area (Å²) in [6.45, 7) is 0.872. The van der Waals surface area contributed by atoms with Gasteiger partial charge in [-0.2, -0.15) is 0 Å². The molecular weight excluding hydrogens is 602 g/mol. The largest absolute Gasteiger partial charge is 0.478 e. The molecule has 0 radical (unpaired) electrons. The molecule has 4 aromatic carbocycles. The Morgan fingerprint density at radius 1 is 0.771 bits per heavy atom. The van der Waals surface area contributed by atoms with Crippen molar-refractivity contribution >= 4 is 39.4 Å². The number of carbonyl (C=O) groups excluding carboxylic acids is 1. The van der Waals surface area contributed by atoms with Crippen LogP contribution in [-0.4, -0.2) is 37.4 Å². The van der Waals surface area contributed by atoms with E-state index < -0.39 is 12.1 Å². The number of aromatic carboxylic acids is 1. The van der Waals surface area contributed by atoms with Gasteiger partial charge >= 0.3 is 11.9 Å². The normalized spacial score (nSPS) is 17.3. The maximum absolute atomic E-state index is 14.1. The third kappa shape index (κ3) is 5.13. The van der Waals surface area contributed by atoms with Gasteiger partial charge in [0, 0.05) is 64.0 Å². The van der Waals surface area contributed by atoms with Crippen LogP contribution in [-0.2, 0) is 37.1 Å². The molecule has 48 heavy (non-hydrogen) atoms. The van der Waals surface area contributed by atoms with E-state index in [2.05, 4.69) is 27.3 Å². The van der Waals surface area contributed by atoms with E-state index in [0.29, 0.717) is 42.7 Å². The molecule has 2 heterocycles. The van der Waals surface area contributed by atoms with Gasteiger partial charge in [-0.15, -0.1) is 0 Å².